The maximum Gasteiger partial charge on any atom is 0.162 e. The molecule has 5 heteroatoms. The van der Waals surface area contributed by atoms with E-state index in [-0.39, 0.29) is 18.0 Å². The van der Waals surface area contributed by atoms with Gasteiger partial charge in [-0.3, -0.25) is 4.98 Å². The second kappa shape index (κ2) is 7.22. The standard InChI is InChI=1S/C16H17F3N2/c1-2-8-20-15(14-7-6-12(17)10-21-14)9-11-4-3-5-13(18)16(11)19/h3-7,10,15,20H,2,8-9H2,1H3. The number of hydrogen-bond acceptors (Lipinski definition) is 2. The zero-order valence-electron chi connectivity index (χ0n) is 11.7. The fourth-order valence-corrected chi connectivity index (χ4v) is 2.12. The van der Waals surface area contributed by atoms with E-state index in [1.54, 1.807) is 12.1 Å². The van der Waals surface area contributed by atoms with E-state index in [0.29, 0.717) is 12.2 Å². The van der Waals surface area contributed by atoms with Crippen molar-refractivity contribution in [1.82, 2.24) is 10.3 Å². The Bertz CT molecular complexity index is 585. The monoisotopic (exact) mass is 294 g/mol. The molecule has 1 unspecified atom stereocenters. The van der Waals surface area contributed by atoms with Gasteiger partial charge in [0.2, 0.25) is 0 Å². The van der Waals surface area contributed by atoms with Crippen molar-refractivity contribution in [2.75, 3.05) is 6.54 Å². The zero-order valence-corrected chi connectivity index (χ0v) is 11.7. The van der Waals surface area contributed by atoms with Crippen molar-refractivity contribution in [1.29, 1.82) is 0 Å². The van der Waals surface area contributed by atoms with Gasteiger partial charge in [-0.1, -0.05) is 19.1 Å². The normalized spacial score (nSPS) is 12.4. The fourth-order valence-electron chi connectivity index (χ4n) is 2.12. The first kappa shape index (κ1) is 15.5. The summed E-state index contributed by atoms with van der Waals surface area (Å²) in [6.45, 7) is 2.71. The van der Waals surface area contributed by atoms with Crippen molar-refractivity contribution in [2.24, 2.45) is 0 Å². The highest BCUT2D eigenvalue weighted by atomic mass is 19.2. The molecule has 2 aromatic rings. The molecule has 0 saturated heterocycles. The topological polar surface area (TPSA) is 24.9 Å². The molecule has 0 aliphatic rings. The fraction of sp³-hybridized carbons (Fsp3) is 0.312. The van der Waals surface area contributed by atoms with Crippen LogP contribution in [0.3, 0.4) is 0 Å². The van der Waals surface area contributed by atoms with Gasteiger partial charge in [0.1, 0.15) is 5.82 Å². The lowest BCUT2D eigenvalue weighted by molar-refractivity contribution is 0.472. The molecule has 1 heterocycles. The third-order valence-electron chi connectivity index (χ3n) is 3.20. The Labute approximate surface area is 122 Å². The van der Waals surface area contributed by atoms with Crippen LogP contribution in [-0.4, -0.2) is 11.5 Å². The van der Waals surface area contributed by atoms with Gasteiger partial charge in [-0.25, -0.2) is 13.2 Å². The van der Waals surface area contributed by atoms with Crippen molar-refractivity contribution in [3.05, 3.63) is 65.2 Å². The molecule has 0 saturated carbocycles. The number of aromatic nitrogens is 1. The van der Waals surface area contributed by atoms with Crippen LogP contribution in [0.15, 0.2) is 36.5 Å². The van der Waals surface area contributed by atoms with Crippen LogP contribution in [0.2, 0.25) is 0 Å². The van der Waals surface area contributed by atoms with Crippen molar-refractivity contribution in [2.45, 2.75) is 25.8 Å². The Kier molecular flexibility index (Phi) is 5.33. The highest BCUT2D eigenvalue weighted by Gasteiger charge is 2.17. The zero-order chi connectivity index (χ0) is 15.2. The third-order valence-corrected chi connectivity index (χ3v) is 3.20. The predicted octanol–water partition coefficient (Wildman–Crippen LogP) is 3.78. The van der Waals surface area contributed by atoms with Gasteiger partial charge >= 0.3 is 0 Å². The minimum atomic E-state index is -0.867. The summed E-state index contributed by atoms with van der Waals surface area (Å²) in [5.41, 5.74) is 0.878. The number of benzene rings is 1. The van der Waals surface area contributed by atoms with Gasteiger partial charge in [0.25, 0.3) is 0 Å². The summed E-state index contributed by atoms with van der Waals surface area (Å²) in [7, 11) is 0. The van der Waals surface area contributed by atoms with Gasteiger partial charge in [0, 0.05) is 0 Å². The Hall–Kier alpha value is -1.88. The van der Waals surface area contributed by atoms with Gasteiger partial charge in [0.15, 0.2) is 11.6 Å². The molecular weight excluding hydrogens is 277 g/mol. The molecule has 0 bridgehead atoms. The van der Waals surface area contributed by atoms with Crippen LogP contribution in [-0.2, 0) is 6.42 Å². The van der Waals surface area contributed by atoms with Crippen LogP contribution in [0.4, 0.5) is 13.2 Å². The minimum Gasteiger partial charge on any atom is -0.308 e. The molecule has 1 atom stereocenters. The number of pyridine rings is 1. The van der Waals surface area contributed by atoms with Crippen molar-refractivity contribution in [3.8, 4) is 0 Å². The molecule has 1 aromatic carbocycles. The van der Waals surface area contributed by atoms with E-state index >= 15 is 0 Å². The molecule has 2 nitrogen and oxygen atoms in total. The quantitative estimate of drug-likeness (QED) is 0.877. The maximum absolute atomic E-state index is 13.8. The van der Waals surface area contributed by atoms with E-state index < -0.39 is 17.5 Å². The molecule has 0 fully saturated rings. The summed E-state index contributed by atoms with van der Waals surface area (Å²) in [6.07, 6.45) is 2.27. The number of hydrogen-bond donors (Lipinski definition) is 1. The largest absolute Gasteiger partial charge is 0.308 e. The Morgan fingerprint density at radius 2 is 1.95 bits per heavy atom. The smallest absolute Gasteiger partial charge is 0.162 e. The van der Waals surface area contributed by atoms with E-state index in [9.17, 15) is 13.2 Å². The Morgan fingerprint density at radius 1 is 1.14 bits per heavy atom. The summed E-state index contributed by atoms with van der Waals surface area (Å²) in [4.78, 5) is 4.03. The Morgan fingerprint density at radius 3 is 2.62 bits per heavy atom. The van der Waals surface area contributed by atoms with Gasteiger partial charge in [0.05, 0.1) is 17.9 Å². The minimum absolute atomic E-state index is 0.252. The van der Waals surface area contributed by atoms with Crippen molar-refractivity contribution < 1.29 is 13.2 Å². The van der Waals surface area contributed by atoms with E-state index in [0.717, 1.165) is 18.7 Å². The average molecular weight is 294 g/mol. The van der Waals surface area contributed by atoms with Crippen LogP contribution in [0.5, 0.6) is 0 Å². The van der Waals surface area contributed by atoms with Gasteiger partial charge < -0.3 is 5.32 Å². The van der Waals surface area contributed by atoms with Crippen LogP contribution >= 0.6 is 0 Å². The predicted molar refractivity (Wildman–Crippen MR) is 75.3 cm³/mol. The van der Waals surface area contributed by atoms with Gasteiger partial charge in [-0.05, 0) is 43.1 Å². The highest BCUT2D eigenvalue weighted by molar-refractivity contribution is 5.22. The molecule has 0 aliphatic heterocycles. The lowest BCUT2D eigenvalue weighted by Crippen LogP contribution is -2.25. The molecule has 21 heavy (non-hydrogen) atoms. The molecule has 1 N–H and O–H groups in total. The first-order valence-corrected chi connectivity index (χ1v) is 6.89. The second-order valence-corrected chi connectivity index (χ2v) is 4.83. The first-order chi connectivity index (χ1) is 10.1. The second-order valence-electron chi connectivity index (χ2n) is 4.83. The van der Waals surface area contributed by atoms with E-state index in [1.165, 1.54) is 12.1 Å². The van der Waals surface area contributed by atoms with Gasteiger partial charge in [-0.15, -0.1) is 0 Å². The summed E-state index contributed by atoms with van der Waals surface area (Å²) in [6, 6.07) is 6.68. The van der Waals surface area contributed by atoms with Gasteiger partial charge in [-0.2, -0.15) is 0 Å². The number of nitrogens with zero attached hydrogens (tertiary/aromatic N) is 1. The number of nitrogens with one attached hydrogen (secondary N) is 1. The number of halogens is 3. The molecule has 2 rings (SSSR count). The van der Waals surface area contributed by atoms with Crippen molar-refractivity contribution in [3.63, 3.8) is 0 Å². The first-order valence-electron chi connectivity index (χ1n) is 6.89. The molecule has 0 spiro atoms. The molecule has 0 radical (unpaired) electrons. The van der Waals surface area contributed by atoms with Crippen molar-refractivity contribution >= 4 is 0 Å². The average Bonchev–Trinajstić information content (AvgIpc) is 2.49. The van der Waals surface area contributed by atoms with Crippen LogP contribution in [0, 0.1) is 17.5 Å². The summed E-state index contributed by atoms with van der Waals surface area (Å²) >= 11 is 0. The summed E-state index contributed by atoms with van der Waals surface area (Å²) in [5.74, 6) is -2.14. The van der Waals surface area contributed by atoms with E-state index in [4.69, 9.17) is 0 Å². The molecule has 1 aromatic heterocycles. The Balaban J connectivity index is 2.23. The van der Waals surface area contributed by atoms with Crippen LogP contribution in [0.25, 0.3) is 0 Å². The number of rotatable bonds is 6. The summed E-state index contributed by atoms with van der Waals surface area (Å²) < 4.78 is 40.0. The molecule has 0 amide bonds. The lowest BCUT2D eigenvalue weighted by Gasteiger charge is -2.18. The molecule has 112 valence electrons. The maximum atomic E-state index is 13.8. The van der Waals surface area contributed by atoms with Crippen LogP contribution < -0.4 is 5.32 Å². The molecule has 0 aliphatic carbocycles. The third kappa shape index (κ3) is 4.04. The van der Waals surface area contributed by atoms with Crippen LogP contribution in [0.1, 0.15) is 30.6 Å². The van der Waals surface area contributed by atoms with E-state index in [1.807, 2.05) is 6.92 Å². The lowest BCUT2D eigenvalue weighted by atomic mass is 10.0. The molecular formula is C16H17F3N2. The highest BCUT2D eigenvalue weighted by Crippen LogP contribution is 2.20. The SMILES string of the molecule is CCCNC(Cc1cccc(F)c1F)c1ccc(F)cn1. The van der Waals surface area contributed by atoms with E-state index in [2.05, 4.69) is 10.3 Å². The summed E-state index contributed by atoms with van der Waals surface area (Å²) in [5, 5.41) is 3.23.